The third kappa shape index (κ3) is 5.93. The molecule has 0 aliphatic carbocycles. The molecule has 3 aliphatic rings. The number of piperidine rings is 3. The topological polar surface area (TPSA) is 139 Å². The van der Waals surface area contributed by atoms with Crippen molar-refractivity contribution in [2.45, 2.75) is 25.4 Å². The molecule has 10 nitrogen and oxygen atoms in total. The van der Waals surface area contributed by atoms with E-state index in [-0.39, 0.29) is 30.8 Å². The summed E-state index contributed by atoms with van der Waals surface area (Å²) < 4.78 is 13.0. The zero-order valence-corrected chi connectivity index (χ0v) is 19.0. The maximum Gasteiger partial charge on any atom is 0.319 e. The summed E-state index contributed by atoms with van der Waals surface area (Å²) in [5, 5.41) is 23.3. The number of hydrogen-bond donors (Lipinski definition) is 5. The minimum absolute atomic E-state index is 0.148. The van der Waals surface area contributed by atoms with Crippen LogP contribution in [0.25, 0.3) is 10.9 Å². The van der Waals surface area contributed by atoms with Crippen LogP contribution in [0.2, 0.25) is 0 Å². The summed E-state index contributed by atoms with van der Waals surface area (Å²) in [6, 6.07) is 11.0. The maximum atomic E-state index is 13.0. The van der Waals surface area contributed by atoms with E-state index in [1.165, 1.54) is 12.1 Å². The van der Waals surface area contributed by atoms with Crippen molar-refractivity contribution in [3.8, 4) is 0 Å². The molecule has 2 aromatic carbocycles. The van der Waals surface area contributed by atoms with Gasteiger partial charge in [0.15, 0.2) is 5.69 Å². The molecular formula is C24H27FN6O4. The van der Waals surface area contributed by atoms with Crippen LogP contribution in [0.5, 0.6) is 0 Å². The predicted molar refractivity (Wildman–Crippen MR) is 127 cm³/mol. The summed E-state index contributed by atoms with van der Waals surface area (Å²) in [4.78, 5) is 36.0. The molecule has 0 spiro atoms. The molecule has 3 amide bonds. The zero-order chi connectivity index (χ0) is 24.8. The van der Waals surface area contributed by atoms with Gasteiger partial charge in [-0.1, -0.05) is 12.1 Å². The normalized spacial score (nSPS) is 20.4. The highest BCUT2D eigenvalue weighted by Crippen LogP contribution is 2.28. The number of nitrogens with one attached hydrogen (secondary N) is 4. The smallest absolute Gasteiger partial charge is 0.319 e. The molecule has 11 heteroatoms. The zero-order valence-electron chi connectivity index (χ0n) is 19.0. The fourth-order valence-corrected chi connectivity index (χ4v) is 4.59. The summed E-state index contributed by atoms with van der Waals surface area (Å²) in [7, 11) is 0. The van der Waals surface area contributed by atoms with Gasteiger partial charge in [-0.2, -0.15) is 5.10 Å². The van der Waals surface area contributed by atoms with Crippen molar-refractivity contribution in [2.75, 3.05) is 25.0 Å². The summed E-state index contributed by atoms with van der Waals surface area (Å²) in [5.74, 6) is 0.00375. The van der Waals surface area contributed by atoms with E-state index in [4.69, 9.17) is 9.90 Å². The van der Waals surface area contributed by atoms with Crippen molar-refractivity contribution in [1.29, 1.82) is 0 Å². The number of urea groups is 1. The second-order valence-electron chi connectivity index (χ2n) is 8.59. The number of H-pyrrole nitrogens is 1. The molecule has 1 atom stereocenters. The van der Waals surface area contributed by atoms with E-state index >= 15 is 0 Å². The monoisotopic (exact) mass is 482 g/mol. The van der Waals surface area contributed by atoms with Gasteiger partial charge in [-0.25, -0.2) is 9.18 Å². The molecule has 0 saturated carbocycles. The molecule has 3 aromatic rings. The number of halogens is 1. The number of carbonyl (C=O) groups is 3. The van der Waals surface area contributed by atoms with Gasteiger partial charge in [0.05, 0.1) is 5.52 Å². The quantitative estimate of drug-likeness (QED) is 0.354. The Labute approximate surface area is 200 Å². The number of aromatic nitrogens is 2. The van der Waals surface area contributed by atoms with Gasteiger partial charge >= 0.3 is 6.03 Å². The number of benzene rings is 2. The lowest BCUT2D eigenvalue weighted by atomic mass is 9.84. The second kappa shape index (κ2) is 11.0. The third-order valence-corrected chi connectivity index (χ3v) is 6.37. The lowest BCUT2D eigenvalue weighted by Gasteiger charge is -2.44. The Morgan fingerprint density at radius 2 is 1.89 bits per heavy atom. The highest BCUT2D eigenvalue weighted by Gasteiger charge is 2.35. The molecule has 4 heterocycles. The lowest BCUT2D eigenvalue weighted by Crippen LogP contribution is -2.57. The summed E-state index contributed by atoms with van der Waals surface area (Å²) in [5.41, 5.74) is 2.39. The van der Waals surface area contributed by atoms with E-state index in [0.717, 1.165) is 43.6 Å². The average molecular weight is 483 g/mol. The SMILES string of the molecule is O=C(NCc1ccc(F)cc1)Nc1ccc2[nH]nc(C(=O)N[C@@H]3CN4CCC3CC4)c2c1.O=CO. The number of carboxylic acid groups (broad SMARTS) is 1. The van der Waals surface area contributed by atoms with Crippen molar-refractivity contribution >= 4 is 35.0 Å². The molecule has 3 aliphatic heterocycles. The van der Waals surface area contributed by atoms with Crippen LogP contribution in [0.15, 0.2) is 42.5 Å². The fourth-order valence-electron chi connectivity index (χ4n) is 4.59. The maximum absolute atomic E-state index is 13.0. The Hall–Kier alpha value is -3.99. The molecule has 0 radical (unpaired) electrons. The van der Waals surface area contributed by atoms with Gasteiger partial charge in [-0.15, -0.1) is 0 Å². The van der Waals surface area contributed by atoms with E-state index in [1.54, 1.807) is 30.3 Å². The Morgan fingerprint density at radius 3 is 2.54 bits per heavy atom. The summed E-state index contributed by atoms with van der Waals surface area (Å²) >= 11 is 0. The molecule has 35 heavy (non-hydrogen) atoms. The predicted octanol–water partition coefficient (Wildman–Crippen LogP) is 2.55. The number of carbonyl (C=O) groups excluding carboxylic acids is 2. The Kier molecular flexibility index (Phi) is 7.56. The molecule has 184 valence electrons. The van der Waals surface area contributed by atoms with Gasteiger partial charge in [-0.05, 0) is 67.7 Å². The first-order chi connectivity index (χ1) is 17.0. The second-order valence-corrected chi connectivity index (χ2v) is 8.59. The number of nitrogens with zero attached hydrogens (tertiary/aromatic N) is 2. The Morgan fingerprint density at radius 1 is 1.17 bits per heavy atom. The molecule has 3 saturated heterocycles. The highest BCUT2D eigenvalue weighted by atomic mass is 19.1. The van der Waals surface area contributed by atoms with Gasteiger partial charge in [0.2, 0.25) is 0 Å². The standard InChI is InChI=1S/C23H25FN6O2.CH2O2/c24-16-3-1-14(2-4-16)12-25-23(32)26-17-5-6-19-18(11-17)21(29-28-19)22(31)27-20-13-30-9-7-15(20)8-10-30;2-1-3/h1-6,11,15,20H,7-10,12-13H2,(H,27,31)(H,28,29)(H2,25,26,32);1H,(H,2,3)/t20-;/m1./s1. The van der Waals surface area contributed by atoms with Gasteiger partial charge in [0, 0.05) is 30.2 Å². The number of anilines is 1. The molecular weight excluding hydrogens is 455 g/mol. The van der Waals surface area contributed by atoms with Crippen LogP contribution in [0.3, 0.4) is 0 Å². The first-order valence-corrected chi connectivity index (χ1v) is 11.4. The minimum Gasteiger partial charge on any atom is -0.483 e. The van der Waals surface area contributed by atoms with Crippen LogP contribution in [0, 0.1) is 11.7 Å². The van der Waals surface area contributed by atoms with Crippen molar-refractivity contribution in [1.82, 2.24) is 25.7 Å². The highest BCUT2D eigenvalue weighted by molar-refractivity contribution is 6.06. The molecule has 1 aromatic heterocycles. The van der Waals surface area contributed by atoms with Gasteiger partial charge in [0.25, 0.3) is 12.4 Å². The molecule has 2 bridgehead atoms. The van der Waals surface area contributed by atoms with Gasteiger partial charge < -0.3 is 26.0 Å². The molecule has 3 fully saturated rings. The number of fused-ring (bicyclic) bond motifs is 4. The average Bonchev–Trinajstić information content (AvgIpc) is 3.28. The largest absolute Gasteiger partial charge is 0.483 e. The third-order valence-electron chi connectivity index (χ3n) is 6.37. The molecule has 5 N–H and O–H groups in total. The summed E-state index contributed by atoms with van der Waals surface area (Å²) in [6.07, 6.45) is 2.24. The van der Waals surface area contributed by atoms with Crippen LogP contribution in [-0.4, -0.2) is 64.3 Å². The van der Waals surface area contributed by atoms with E-state index in [9.17, 15) is 14.0 Å². The van der Waals surface area contributed by atoms with E-state index in [2.05, 4.69) is 31.0 Å². The lowest BCUT2D eigenvalue weighted by molar-refractivity contribution is -0.122. The number of hydrogen-bond acceptors (Lipinski definition) is 5. The van der Waals surface area contributed by atoms with E-state index < -0.39 is 6.03 Å². The van der Waals surface area contributed by atoms with Crippen LogP contribution in [0.4, 0.5) is 14.9 Å². The first kappa shape index (κ1) is 24.1. The van der Waals surface area contributed by atoms with Gasteiger partial charge in [0.1, 0.15) is 5.82 Å². The number of amides is 3. The van der Waals surface area contributed by atoms with Crippen molar-refractivity contribution < 1.29 is 23.9 Å². The van der Waals surface area contributed by atoms with Crippen LogP contribution in [-0.2, 0) is 11.3 Å². The Bertz CT molecular complexity index is 1190. The van der Waals surface area contributed by atoms with Crippen molar-refractivity contribution in [3.05, 3.63) is 59.5 Å². The van der Waals surface area contributed by atoms with Crippen LogP contribution in [0.1, 0.15) is 28.9 Å². The first-order valence-electron chi connectivity index (χ1n) is 11.4. The van der Waals surface area contributed by atoms with E-state index in [1.807, 2.05) is 0 Å². The van der Waals surface area contributed by atoms with Crippen molar-refractivity contribution in [2.24, 2.45) is 5.92 Å². The van der Waals surface area contributed by atoms with Crippen LogP contribution < -0.4 is 16.0 Å². The molecule has 0 unspecified atom stereocenters. The number of aromatic amines is 1. The Balaban J connectivity index is 0.000000917. The van der Waals surface area contributed by atoms with Crippen LogP contribution >= 0.6 is 0 Å². The number of rotatable bonds is 5. The fraction of sp³-hybridized carbons (Fsp3) is 0.333. The minimum atomic E-state index is -0.393. The summed E-state index contributed by atoms with van der Waals surface area (Å²) in [6.45, 7) is 3.13. The van der Waals surface area contributed by atoms with Gasteiger partial charge in [-0.3, -0.25) is 14.7 Å². The van der Waals surface area contributed by atoms with E-state index in [0.29, 0.717) is 22.7 Å². The van der Waals surface area contributed by atoms with Crippen molar-refractivity contribution in [3.63, 3.8) is 0 Å². The molecule has 6 rings (SSSR count).